The molecule has 10 nitrogen and oxygen atoms in total. The largest absolute Gasteiger partial charge is 0.494 e. The Morgan fingerprint density at radius 2 is 0.636 bits per heavy atom. The summed E-state index contributed by atoms with van der Waals surface area (Å²) >= 11 is 0. The third-order valence-electron chi connectivity index (χ3n) is 24.4. The van der Waals surface area contributed by atoms with Crippen molar-refractivity contribution in [3.8, 4) is 40.1 Å². The van der Waals surface area contributed by atoms with Gasteiger partial charge in [-0.25, -0.2) is 9.83 Å². The van der Waals surface area contributed by atoms with Crippen molar-refractivity contribution in [3.63, 3.8) is 0 Å². The normalized spacial score (nSPS) is 12.0. The van der Waals surface area contributed by atoms with Crippen molar-refractivity contribution in [3.05, 3.63) is 262 Å². The smallest absolute Gasteiger partial charge is 0.328 e. The molecule has 0 saturated heterocycles. The van der Waals surface area contributed by atoms with Crippen LogP contribution < -0.4 is 42.0 Å². The van der Waals surface area contributed by atoms with Crippen LogP contribution in [0, 0.1) is 45.6 Å². The molecule has 118 heavy (non-hydrogen) atoms. The molecule has 4 aromatic heterocycles. The van der Waals surface area contributed by atoms with Crippen LogP contribution in [0.15, 0.2) is 207 Å². The first-order valence-corrected chi connectivity index (χ1v) is 45.7. The number of fused-ring (bicyclic) bond motifs is 3. The molecule has 0 aliphatic rings. The number of hydrogen-bond donors (Lipinski definition) is 0. The summed E-state index contributed by atoms with van der Waals surface area (Å²) in [5.74, 6) is 1.54. The van der Waals surface area contributed by atoms with Crippen LogP contribution in [0.25, 0.3) is 71.5 Å². The average molecular weight is 1570 g/mol. The van der Waals surface area contributed by atoms with E-state index in [1.54, 1.807) is 12.4 Å². The monoisotopic (exact) mass is 1570 g/mol. The average Bonchev–Trinajstić information content (AvgIpc) is 1.52. The maximum absolute atomic E-state index is 12.8. The molecule has 0 N–H and O–H groups in total. The first kappa shape index (κ1) is 87.0. The summed E-state index contributed by atoms with van der Waals surface area (Å²) in [6, 6.07) is 70.9. The summed E-state index contributed by atoms with van der Waals surface area (Å²) < 4.78 is 18.3. The molecule has 0 atom stereocenters. The SMILES string of the molecule is [C-]#[N+]/C(c1cnc2cc(C)c(C)cc2n1)=c1\c2c(-c3ccc(OCCCCCCCCCCCCCCCCCCCC)cc3)n(B(c3ccccc3)c3ccccc3)/c(=C(/C#N)c3cnc4cc(C)c(C)cc4n3)c2c(-c2ccc(OCCCCCCCCCCCCCCCCCCCC)cc2)n1B(c1ccccc1)c1ccccc1. The van der Waals surface area contributed by atoms with Crippen molar-refractivity contribution in [2.24, 2.45) is 0 Å². The molecule has 0 aliphatic carbocycles. The number of ether oxygens (including phenoxy) is 2. The van der Waals surface area contributed by atoms with Crippen LogP contribution in [0.4, 0.5) is 0 Å². The molecular formula is C106H128B2N8O2. The zero-order valence-electron chi connectivity index (χ0n) is 72.0. The highest BCUT2D eigenvalue weighted by molar-refractivity contribution is 6.85. The minimum atomic E-state index is -0.576. The highest BCUT2D eigenvalue weighted by Gasteiger charge is 2.38. The topological polar surface area (TPSA) is 108 Å². The van der Waals surface area contributed by atoms with E-state index in [0.717, 1.165) is 126 Å². The van der Waals surface area contributed by atoms with Crippen LogP contribution in [-0.4, -0.2) is 55.8 Å². The lowest BCUT2D eigenvalue weighted by molar-refractivity contribution is 0.304. The lowest BCUT2D eigenvalue weighted by atomic mass is 9.50. The molecule has 0 saturated carbocycles. The van der Waals surface area contributed by atoms with Crippen molar-refractivity contribution in [1.82, 2.24) is 28.9 Å². The summed E-state index contributed by atoms with van der Waals surface area (Å²) in [6.07, 6.45) is 51.2. The third-order valence-corrected chi connectivity index (χ3v) is 24.4. The van der Waals surface area contributed by atoms with Crippen LogP contribution >= 0.6 is 0 Å². The number of benzene rings is 8. The highest BCUT2D eigenvalue weighted by Crippen LogP contribution is 2.39. The second kappa shape index (κ2) is 46.7. The van der Waals surface area contributed by atoms with Gasteiger partial charge in [-0.1, -0.05) is 375 Å². The van der Waals surface area contributed by atoms with Crippen molar-refractivity contribution in [2.45, 2.75) is 273 Å². The van der Waals surface area contributed by atoms with Gasteiger partial charge < -0.3 is 18.4 Å². The Bertz CT molecular complexity index is 4890. The molecule has 12 rings (SSSR count). The maximum Gasteiger partial charge on any atom is 0.328 e. The second-order valence-electron chi connectivity index (χ2n) is 33.4. The van der Waals surface area contributed by atoms with Crippen LogP contribution in [0.2, 0.25) is 0 Å². The molecule has 0 bridgehead atoms. The molecule has 12 aromatic rings. The number of unbranched alkanes of at least 4 members (excludes halogenated alkanes) is 34. The van der Waals surface area contributed by atoms with Gasteiger partial charge in [-0.3, -0.25) is 15.0 Å². The Balaban J connectivity index is 0.985. The van der Waals surface area contributed by atoms with Gasteiger partial charge in [-0.15, -0.1) is 0 Å². The van der Waals surface area contributed by atoms with Crippen LogP contribution in [0.5, 0.6) is 11.5 Å². The van der Waals surface area contributed by atoms with Crippen molar-refractivity contribution in [2.75, 3.05) is 13.2 Å². The van der Waals surface area contributed by atoms with E-state index in [2.05, 4.69) is 251 Å². The van der Waals surface area contributed by atoms with E-state index >= 15 is 0 Å². The number of nitriles is 1. The first-order valence-electron chi connectivity index (χ1n) is 45.7. The Morgan fingerprint density at radius 1 is 0.356 bits per heavy atom. The molecule has 0 radical (unpaired) electrons. The van der Waals surface area contributed by atoms with Crippen molar-refractivity contribution < 1.29 is 9.47 Å². The van der Waals surface area contributed by atoms with E-state index in [1.165, 1.54) is 205 Å². The molecule has 0 amide bonds. The van der Waals surface area contributed by atoms with E-state index in [9.17, 15) is 11.8 Å². The quantitative estimate of drug-likeness (QED) is 0.0212. The first-order chi connectivity index (χ1) is 58.2. The molecule has 0 fully saturated rings. The fraction of sp³-hybridized carbons (Fsp3) is 0.415. The van der Waals surface area contributed by atoms with Crippen LogP contribution in [0.3, 0.4) is 0 Å². The van der Waals surface area contributed by atoms with E-state index in [0.29, 0.717) is 57.6 Å². The van der Waals surface area contributed by atoms with Gasteiger partial charge in [-0.2, -0.15) is 5.26 Å². The standard InChI is InChI=1S/C106H128B2N8O2/c1-8-10-12-14-16-18-20-22-24-26-28-30-32-34-36-38-40-54-72-117-91-68-64-85(65-69-91)103-100-101(106(102(110-7)99-80-112-95-75-82(4)84(6)77-97(95)114-99)116(103)108(89-60-50-44-51-61-89)90-62-52-45-53-63-90)104(86-66-70-92(71-67-86)118-73-55-41-39-37-35-33-31-29-27-25-23-21-19-17-15-13-11-9-2)115(107(87-56-46-42-47-57-87)88-58-48-43-49-59-88)105(100)93(78-109)98-79-111-94-74-81(3)83(5)76-96(94)113-98/h42-53,56-71,74-77,79-80H,8-41,54-55,72-73H2,1-6H3/b105-93-,106-102+. The van der Waals surface area contributed by atoms with E-state index in [-0.39, 0.29) is 0 Å². The van der Waals surface area contributed by atoms with E-state index in [4.69, 9.17) is 34.3 Å². The molecule has 8 aromatic carbocycles. The Labute approximate surface area is 707 Å². The zero-order chi connectivity index (χ0) is 81.9. The Kier molecular flexibility index (Phi) is 34.5. The lowest BCUT2D eigenvalue weighted by Crippen LogP contribution is -2.54. The summed E-state index contributed by atoms with van der Waals surface area (Å²) in [4.78, 5) is 26.2. The minimum Gasteiger partial charge on any atom is -0.494 e. The van der Waals surface area contributed by atoms with Gasteiger partial charge in [0.1, 0.15) is 28.8 Å². The summed E-state index contributed by atoms with van der Waals surface area (Å²) in [7, 11) is 0. The molecule has 610 valence electrons. The molecule has 12 heteroatoms. The van der Waals surface area contributed by atoms with Crippen LogP contribution in [-0.2, 0) is 0 Å². The predicted molar refractivity (Wildman–Crippen MR) is 500 cm³/mol. The fourth-order valence-corrected chi connectivity index (χ4v) is 17.5. The van der Waals surface area contributed by atoms with Crippen molar-refractivity contribution in [1.29, 1.82) is 5.26 Å². The zero-order valence-corrected chi connectivity index (χ0v) is 72.0. The van der Waals surface area contributed by atoms with Gasteiger partial charge in [0, 0.05) is 33.7 Å². The van der Waals surface area contributed by atoms with Gasteiger partial charge in [-0.05, 0) is 147 Å². The third kappa shape index (κ3) is 23.6. The van der Waals surface area contributed by atoms with Gasteiger partial charge in [0.25, 0.3) is 0 Å². The Hall–Kier alpha value is -10.3. The fourth-order valence-electron chi connectivity index (χ4n) is 17.5. The van der Waals surface area contributed by atoms with E-state index in [1.807, 2.05) is 0 Å². The number of aryl methyl sites for hydroxylation is 4. The molecule has 4 heterocycles. The summed E-state index contributed by atoms with van der Waals surface area (Å²) in [6.45, 7) is 23.0. The van der Waals surface area contributed by atoms with E-state index < -0.39 is 13.7 Å². The van der Waals surface area contributed by atoms with Gasteiger partial charge in [0.05, 0.1) is 59.1 Å². The number of rotatable bonds is 50. The summed E-state index contributed by atoms with van der Waals surface area (Å²) in [5, 5.41) is 15.5. The maximum atomic E-state index is 12.8. The molecule has 0 unspecified atom stereocenters. The predicted octanol–water partition coefficient (Wildman–Crippen LogP) is 24.8. The summed E-state index contributed by atoms with van der Waals surface area (Å²) in [5.41, 5.74) is 15.9. The van der Waals surface area contributed by atoms with Crippen LogP contribution in [0.1, 0.15) is 279 Å². The van der Waals surface area contributed by atoms with Crippen molar-refractivity contribution >= 4 is 79.7 Å². The lowest BCUT2D eigenvalue weighted by Gasteiger charge is -2.24. The number of hydrogen-bond acceptors (Lipinski definition) is 7. The number of aromatic nitrogens is 6. The second-order valence-corrected chi connectivity index (χ2v) is 33.4. The minimum absolute atomic E-state index is 0.296. The van der Waals surface area contributed by atoms with Gasteiger partial charge >= 0.3 is 13.7 Å². The van der Waals surface area contributed by atoms with Gasteiger partial charge in [0.15, 0.2) is 0 Å². The molecule has 0 aliphatic heterocycles. The Morgan fingerprint density at radius 3 is 0.949 bits per heavy atom. The molecule has 0 spiro atoms. The van der Waals surface area contributed by atoms with Gasteiger partial charge in [0.2, 0.25) is 5.70 Å². The highest BCUT2D eigenvalue weighted by atomic mass is 16.5. The number of nitrogens with zero attached hydrogens (tertiary/aromatic N) is 8. The molecular weight excluding hydrogens is 1440 g/mol.